The van der Waals surface area contributed by atoms with Crippen molar-refractivity contribution < 1.29 is 0 Å². The highest BCUT2D eigenvalue weighted by molar-refractivity contribution is 14.0. The predicted octanol–water partition coefficient (Wildman–Crippen LogP) is 2.84. The van der Waals surface area contributed by atoms with Gasteiger partial charge in [0.15, 0.2) is 5.96 Å². The molecule has 0 bridgehead atoms. The lowest BCUT2D eigenvalue weighted by atomic mass is 10.2. The topological polar surface area (TPSA) is 61.3 Å². The number of nitrogens with one attached hydrogen (secondary N) is 3. The lowest BCUT2D eigenvalue weighted by Crippen LogP contribution is -2.39. The van der Waals surface area contributed by atoms with E-state index in [0.29, 0.717) is 0 Å². The van der Waals surface area contributed by atoms with Crippen molar-refractivity contribution >= 4 is 46.7 Å². The van der Waals surface area contributed by atoms with Crippen molar-refractivity contribution in [1.82, 2.24) is 15.6 Å². The van der Waals surface area contributed by atoms with Crippen LogP contribution in [0.15, 0.2) is 41.4 Å². The van der Waals surface area contributed by atoms with Crippen LogP contribution in [0.3, 0.4) is 0 Å². The maximum absolute atomic E-state index is 4.58. The minimum atomic E-state index is 0. The number of hydrogen-bond acceptors (Lipinski definition) is 3. The van der Waals surface area contributed by atoms with Crippen LogP contribution >= 0.6 is 24.0 Å². The zero-order valence-corrected chi connectivity index (χ0v) is 15.4. The van der Waals surface area contributed by atoms with Gasteiger partial charge in [-0.2, -0.15) is 0 Å². The first-order valence-electron chi connectivity index (χ1n) is 7.37. The highest BCUT2D eigenvalue weighted by Crippen LogP contribution is 2.13. The van der Waals surface area contributed by atoms with Crippen molar-refractivity contribution in [1.29, 1.82) is 0 Å². The van der Waals surface area contributed by atoms with E-state index in [0.717, 1.165) is 48.7 Å². The van der Waals surface area contributed by atoms with E-state index in [1.54, 1.807) is 7.05 Å². The molecule has 2 rings (SSSR count). The third-order valence-corrected chi connectivity index (χ3v) is 3.09. The van der Waals surface area contributed by atoms with Gasteiger partial charge in [-0.05, 0) is 24.6 Å². The number of halogens is 1. The Morgan fingerprint density at radius 1 is 1.05 bits per heavy atom. The summed E-state index contributed by atoms with van der Waals surface area (Å²) in [7, 11) is 1.78. The number of aliphatic imine (C=N–C) groups is 1. The van der Waals surface area contributed by atoms with Crippen molar-refractivity contribution in [3.63, 3.8) is 0 Å². The van der Waals surface area contributed by atoms with Crippen LogP contribution in [0.4, 0.5) is 5.82 Å². The second-order valence-electron chi connectivity index (χ2n) is 4.74. The van der Waals surface area contributed by atoms with Crippen molar-refractivity contribution in [2.45, 2.75) is 13.3 Å². The Labute approximate surface area is 149 Å². The normalized spacial score (nSPS) is 10.9. The molecule has 1 heterocycles. The Kier molecular flexibility index (Phi) is 8.57. The first kappa shape index (κ1) is 18.5. The number of rotatable bonds is 6. The molecule has 5 nitrogen and oxygen atoms in total. The number of pyridine rings is 1. The summed E-state index contributed by atoms with van der Waals surface area (Å²) >= 11 is 0. The van der Waals surface area contributed by atoms with E-state index in [1.807, 2.05) is 24.3 Å². The Morgan fingerprint density at radius 2 is 1.82 bits per heavy atom. The molecular formula is C16H24IN5. The van der Waals surface area contributed by atoms with Crippen LogP contribution in [-0.2, 0) is 0 Å². The highest BCUT2D eigenvalue weighted by Gasteiger charge is 1.98. The minimum absolute atomic E-state index is 0. The molecule has 0 amide bonds. The van der Waals surface area contributed by atoms with E-state index < -0.39 is 0 Å². The van der Waals surface area contributed by atoms with Crippen LogP contribution < -0.4 is 16.0 Å². The number of aromatic nitrogens is 1. The fourth-order valence-electron chi connectivity index (χ4n) is 2.00. The summed E-state index contributed by atoms with van der Waals surface area (Å²) in [5, 5.41) is 11.0. The smallest absolute Gasteiger partial charge is 0.191 e. The summed E-state index contributed by atoms with van der Waals surface area (Å²) in [6, 6.07) is 12.2. The van der Waals surface area contributed by atoms with Crippen LogP contribution in [0.25, 0.3) is 10.9 Å². The second-order valence-corrected chi connectivity index (χ2v) is 4.74. The Morgan fingerprint density at radius 3 is 2.59 bits per heavy atom. The summed E-state index contributed by atoms with van der Waals surface area (Å²) in [4.78, 5) is 8.74. The molecule has 0 unspecified atom stereocenters. The number of para-hydroxylation sites is 1. The van der Waals surface area contributed by atoms with Crippen LogP contribution in [0.5, 0.6) is 0 Å². The van der Waals surface area contributed by atoms with E-state index in [-0.39, 0.29) is 24.0 Å². The first-order chi connectivity index (χ1) is 10.3. The molecule has 0 saturated heterocycles. The van der Waals surface area contributed by atoms with Gasteiger partial charge in [-0.3, -0.25) is 4.99 Å². The monoisotopic (exact) mass is 413 g/mol. The quantitative estimate of drug-likeness (QED) is 0.295. The van der Waals surface area contributed by atoms with Crippen LogP contribution in [0.2, 0.25) is 0 Å². The average Bonchev–Trinajstić information content (AvgIpc) is 2.54. The van der Waals surface area contributed by atoms with Gasteiger partial charge >= 0.3 is 0 Å². The number of anilines is 1. The van der Waals surface area contributed by atoms with Crippen molar-refractivity contribution in [2.75, 3.05) is 32.0 Å². The van der Waals surface area contributed by atoms with E-state index in [4.69, 9.17) is 0 Å². The maximum atomic E-state index is 4.58. The van der Waals surface area contributed by atoms with Gasteiger partial charge in [-0.25, -0.2) is 4.98 Å². The molecule has 0 atom stereocenters. The molecule has 6 heteroatoms. The molecule has 0 fully saturated rings. The predicted molar refractivity (Wildman–Crippen MR) is 105 cm³/mol. The third kappa shape index (κ3) is 5.67. The molecule has 0 aliphatic carbocycles. The lowest BCUT2D eigenvalue weighted by molar-refractivity contribution is 0.784. The van der Waals surface area contributed by atoms with Crippen molar-refractivity contribution in [3.05, 3.63) is 36.4 Å². The van der Waals surface area contributed by atoms with E-state index in [9.17, 15) is 0 Å². The number of benzene rings is 1. The molecule has 0 spiro atoms. The van der Waals surface area contributed by atoms with Crippen molar-refractivity contribution in [2.24, 2.45) is 4.99 Å². The molecule has 1 aromatic heterocycles. The van der Waals surface area contributed by atoms with Gasteiger partial charge in [0.05, 0.1) is 5.52 Å². The van der Waals surface area contributed by atoms with Gasteiger partial charge in [0, 0.05) is 32.1 Å². The highest BCUT2D eigenvalue weighted by atomic mass is 127. The number of nitrogens with zero attached hydrogens (tertiary/aromatic N) is 2. The zero-order chi connectivity index (χ0) is 14.9. The molecule has 0 radical (unpaired) electrons. The van der Waals surface area contributed by atoms with Gasteiger partial charge in [-0.15, -0.1) is 24.0 Å². The maximum Gasteiger partial charge on any atom is 0.191 e. The van der Waals surface area contributed by atoms with Crippen molar-refractivity contribution in [3.8, 4) is 0 Å². The van der Waals surface area contributed by atoms with E-state index in [1.165, 1.54) is 0 Å². The lowest BCUT2D eigenvalue weighted by Gasteiger charge is -2.12. The van der Waals surface area contributed by atoms with Gasteiger partial charge in [0.1, 0.15) is 5.82 Å². The molecular weight excluding hydrogens is 389 g/mol. The largest absolute Gasteiger partial charge is 0.368 e. The number of hydrogen-bond donors (Lipinski definition) is 3. The Balaban J connectivity index is 0.00000242. The minimum Gasteiger partial charge on any atom is -0.368 e. The number of guanidine groups is 1. The van der Waals surface area contributed by atoms with Crippen LogP contribution in [-0.4, -0.2) is 37.6 Å². The average molecular weight is 413 g/mol. The summed E-state index contributed by atoms with van der Waals surface area (Å²) in [5.41, 5.74) is 1.01. The number of fused-ring (bicyclic) bond motifs is 1. The van der Waals surface area contributed by atoms with Gasteiger partial charge < -0.3 is 16.0 Å². The SMILES string of the molecule is CCCNC(=NC)NCCNc1ccc2ccccc2n1.I. The molecule has 120 valence electrons. The first-order valence-corrected chi connectivity index (χ1v) is 7.37. The molecule has 0 aliphatic heterocycles. The molecule has 0 saturated carbocycles. The fraction of sp³-hybridized carbons (Fsp3) is 0.375. The molecule has 2 aromatic rings. The Bertz CT molecular complexity index is 600. The summed E-state index contributed by atoms with van der Waals surface area (Å²) in [6.45, 7) is 4.64. The Hall–Kier alpha value is -1.57. The van der Waals surface area contributed by atoms with Gasteiger partial charge in [0.2, 0.25) is 0 Å². The van der Waals surface area contributed by atoms with Gasteiger partial charge in [-0.1, -0.05) is 25.1 Å². The summed E-state index contributed by atoms with van der Waals surface area (Å²) in [5.74, 6) is 1.73. The molecule has 22 heavy (non-hydrogen) atoms. The molecule has 0 aliphatic rings. The fourth-order valence-corrected chi connectivity index (χ4v) is 2.00. The molecule has 3 N–H and O–H groups in total. The third-order valence-electron chi connectivity index (χ3n) is 3.09. The molecule has 1 aromatic carbocycles. The zero-order valence-electron chi connectivity index (χ0n) is 13.1. The summed E-state index contributed by atoms with van der Waals surface area (Å²) in [6.07, 6.45) is 1.08. The van der Waals surface area contributed by atoms with Crippen LogP contribution in [0, 0.1) is 0 Å². The standard InChI is InChI=1S/C16H23N5.HI/c1-3-10-19-16(17-2)20-12-11-18-15-9-8-13-6-4-5-7-14(13)21-15;/h4-9H,3,10-12H2,1-2H3,(H,18,21)(H2,17,19,20);1H. The van der Waals surface area contributed by atoms with E-state index >= 15 is 0 Å². The van der Waals surface area contributed by atoms with Crippen LogP contribution in [0.1, 0.15) is 13.3 Å². The second kappa shape index (κ2) is 10.2. The van der Waals surface area contributed by atoms with Gasteiger partial charge in [0.25, 0.3) is 0 Å². The summed E-state index contributed by atoms with van der Waals surface area (Å²) < 4.78 is 0. The van der Waals surface area contributed by atoms with E-state index in [2.05, 4.69) is 45.0 Å².